The van der Waals surface area contributed by atoms with E-state index in [1.807, 2.05) is 6.92 Å². The van der Waals surface area contributed by atoms with Gasteiger partial charge >= 0.3 is 0 Å². The van der Waals surface area contributed by atoms with E-state index >= 15 is 0 Å². The Morgan fingerprint density at radius 2 is 2.10 bits per heavy atom. The zero-order valence-corrected chi connectivity index (χ0v) is 13.8. The Bertz CT molecular complexity index is 581. The molecule has 0 saturated heterocycles. The largest absolute Gasteiger partial charge is 0.383 e. The zero-order valence-electron chi connectivity index (χ0n) is 12.2. The summed E-state index contributed by atoms with van der Waals surface area (Å²) in [5.41, 5.74) is 0.199. The molecule has 0 spiro atoms. The first kappa shape index (κ1) is 18.3. The van der Waals surface area contributed by atoms with Crippen molar-refractivity contribution in [3.63, 3.8) is 0 Å². The van der Waals surface area contributed by atoms with Gasteiger partial charge in [-0.1, -0.05) is 18.5 Å². The van der Waals surface area contributed by atoms with Crippen LogP contribution in [0.2, 0.25) is 5.02 Å². The molecule has 0 radical (unpaired) electrons. The van der Waals surface area contributed by atoms with Crippen molar-refractivity contribution in [1.29, 1.82) is 0 Å². The van der Waals surface area contributed by atoms with Crippen molar-refractivity contribution < 1.29 is 17.5 Å². The standard InChI is InChI=1S/C13H20ClFN2O3S/c1-4-11(8-20-3)17-21(18,19)12-6-10(14)5-9(7-16-2)13(12)15/h5-6,11,16-17H,4,7-8H2,1-3H3. The smallest absolute Gasteiger partial charge is 0.243 e. The lowest BCUT2D eigenvalue weighted by molar-refractivity contribution is 0.173. The van der Waals surface area contributed by atoms with Crippen LogP contribution >= 0.6 is 11.6 Å². The third kappa shape index (κ3) is 4.89. The van der Waals surface area contributed by atoms with Crippen molar-refractivity contribution in [2.45, 2.75) is 30.8 Å². The Morgan fingerprint density at radius 3 is 2.62 bits per heavy atom. The molecule has 0 bridgehead atoms. The maximum Gasteiger partial charge on any atom is 0.243 e. The first-order chi connectivity index (χ1) is 9.85. The third-order valence-electron chi connectivity index (χ3n) is 2.92. The molecule has 1 aromatic rings. The van der Waals surface area contributed by atoms with Crippen LogP contribution in [0.5, 0.6) is 0 Å². The molecule has 1 aromatic carbocycles. The molecule has 0 aliphatic heterocycles. The molecule has 0 aromatic heterocycles. The van der Waals surface area contributed by atoms with E-state index in [2.05, 4.69) is 10.0 Å². The molecule has 21 heavy (non-hydrogen) atoms. The van der Waals surface area contributed by atoms with E-state index in [1.165, 1.54) is 13.2 Å². The molecule has 1 atom stereocenters. The molecular weight excluding hydrogens is 319 g/mol. The Balaban J connectivity index is 3.18. The minimum absolute atomic E-state index is 0.168. The van der Waals surface area contributed by atoms with Crippen molar-refractivity contribution in [1.82, 2.24) is 10.0 Å². The third-order valence-corrected chi connectivity index (χ3v) is 4.66. The van der Waals surface area contributed by atoms with Crippen molar-refractivity contribution in [2.24, 2.45) is 0 Å². The van der Waals surface area contributed by atoms with Crippen LogP contribution in [0, 0.1) is 5.82 Å². The van der Waals surface area contributed by atoms with E-state index in [1.54, 1.807) is 7.05 Å². The van der Waals surface area contributed by atoms with Crippen molar-refractivity contribution in [3.8, 4) is 0 Å². The molecule has 1 unspecified atom stereocenters. The van der Waals surface area contributed by atoms with Gasteiger partial charge in [0.15, 0.2) is 0 Å². The summed E-state index contributed by atoms with van der Waals surface area (Å²) in [6, 6.07) is 2.09. The molecule has 8 heteroatoms. The Kier molecular flexibility index (Phi) is 7.02. The van der Waals surface area contributed by atoms with Gasteiger partial charge in [-0.2, -0.15) is 0 Å². The molecule has 5 nitrogen and oxygen atoms in total. The van der Waals surface area contributed by atoms with Gasteiger partial charge in [0.1, 0.15) is 10.7 Å². The fourth-order valence-electron chi connectivity index (χ4n) is 1.85. The molecule has 120 valence electrons. The average Bonchev–Trinajstić information content (AvgIpc) is 2.41. The highest BCUT2D eigenvalue weighted by Gasteiger charge is 2.25. The second-order valence-corrected chi connectivity index (χ2v) is 6.71. The summed E-state index contributed by atoms with van der Waals surface area (Å²) in [5, 5.41) is 2.94. The van der Waals surface area contributed by atoms with Crippen LogP contribution in [0.4, 0.5) is 4.39 Å². The van der Waals surface area contributed by atoms with E-state index in [0.29, 0.717) is 6.42 Å². The molecular formula is C13H20ClFN2O3S. The van der Waals surface area contributed by atoms with Gasteiger partial charge in [-0.05, 0) is 25.6 Å². The van der Waals surface area contributed by atoms with Crippen LogP contribution in [0.25, 0.3) is 0 Å². The molecule has 0 aliphatic rings. The first-order valence-electron chi connectivity index (χ1n) is 6.49. The number of sulfonamides is 1. The fourth-order valence-corrected chi connectivity index (χ4v) is 3.61. The lowest BCUT2D eigenvalue weighted by Gasteiger charge is -2.17. The quantitative estimate of drug-likeness (QED) is 0.759. The Labute approximate surface area is 129 Å². The number of nitrogens with one attached hydrogen (secondary N) is 2. The summed E-state index contributed by atoms with van der Waals surface area (Å²) in [6.45, 7) is 2.21. The van der Waals surface area contributed by atoms with Gasteiger partial charge in [-0.15, -0.1) is 0 Å². The summed E-state index contributed by atoms with van der Waals surface area (Å²) < 4.78 is 46.3. The SMILES string of the molecule is CCC(COC)NS(=O)(=O)c1cc(Cl)cc(CNC)c1F. The number of methoxy groups -OCH3 is 1. The second kappa shape index (κ2) is 8.05. The van der Waals surface area contributed by atoms with Gasteiger partial charge in [-0.25, -0.2) is 17.5 Å². The van der Waals surface area contributed by atoms with Gasteiger partial charge in [0.05, 0.1) is 6.61 Å². The monoisotopic (exact) mass is 338 g/mol. The van der Waals surface area contributed by atoms with Gasteiger partial charge in [0.25, 0.3) is 0 Å². The van der Waals surface area contributed by atoms with E-state index in [9.17, 15) is 12.8 Å². The van der Waals surface area contributed by atoms with Crippen LogP contribution in [-0.4, -0.2) is 35.2 Å². The zero-order chi connectivity index (χ0) is 16.0. The van der Waals surface area contributed by atoms with Crippen LogP contribution in [0.3, 0.4) is 0 Å². The lowest BCUT2D eigenvalue weighted by atomic mass is 10.2. The molecule has 2 N–H and O–H groups in total. The predicted octanol–water partition coefficient (Wildman–Crippen LogP) is 1.90. The average molecular weight is 339 g/mol. The van der Waals surface area contributed by atoms with E-state index in [-0.39, 0.29) is 23.7 Å². The van der Waals surface area contributed by atoms with Gasteiger partial charge in [0.2, 0.25) is 10.0 Å². The number of rotatable bonds is 8. The predicted molar refractivity (Wildman–Crippen MR) is 80.5 cm³/mol. The number of ether oxygens (including phenoxy) is 1. The summed E-state index contributed by atoms with van der Waals surface area (Å²) in [7, 11) is -0.893. The number of hydrogen-bond acceptors (Lipinski definition) is 4. The summed E-state index contributed by atoms with van der Waals surface area (Å²) in [6.07, 6.45) is 0.526. The summed E-state index contributed by atoms with van der Waals surface area (Å²) in [4.78, 5) is -0.449. The Hall–Kier alpha value is -0.730. The topological polar surface area (TPSA) is 67.4 Å². The molecule has 0 fully saturated rings. The van der Waals surface area contributed by atoms with Gasteiger partial charge in [-0.3, -0.25) is 0 Å². The van der Waals surface area contributed by atoms with Crippen LogP contribution in [-0.2, 0) is 21.3 Å². The van der Waals surface area contributed by atoms with E-state index in [4.69, 9.17) is 16.3 Å². The highest BCUT2D eigenvalue weighted by molar-refractivity contribution is 7.89. The van der Waals surface area contributed by atoms with E-state index in [0.717, 1.165) is 6.07 Å². The molecule has 0 aliphatic carbocycles. The van der Waals surface area contributed by atoms with Crippen molar-refractivity contribution >= 4 is 21.6 Å². The second-order valence-electron chi connectivity index (χ2n) is 4.59. The maximum atomic E-state index is 14.3. The highest BCUT2D eigenvalue weighted by atomic mass is 35.5. The van der Waals surface area contributed by atoms with Gasteiger partial charge in [0, 0.05) is 30.3 Å². The molecule has 0 amide bonds. The van der Waals surface area contributed by atoms with Crippen molar-refractivity contribution in [3.05, 3.63) is 28.5 Å². The minimum atomic E-state index is -4.01. The van der Waals surface area contributed by atoms with Crippen LogP contribution in [0.15, 0.2) is 17.0 Å². The summed E-state index contributed by atoms with van der Waals surface area (Å²) in [5.74, 6) is -0.798. The Morgan fingerprint density at radius 1 is 1.43 bits per heavy atom. The fraction of sp³-hybridized carbons (Fsp3) is 0.538. The normalized spacial score (nSPS) is 13.4. The van der Waals surface area contributed by atoms with Crippen LogP contribution < -0.4 is 10.0 Å². The maximum absolute atomic E-state index is 14.3. The molecule has 0 saturated carbocycles. The number of halogens is 2. The molecule has 1 rings (SSSR count). The number of benzene rings is 1. The first-order valence-corrected chi connectivity index (χ1v) is 8.35. The number of hydrogen-bond donors (Lipinski definition) is 2. The van der Waals surface area contributed by atoms with Crippen LogP contribution in [0.1, 0.15) is 18.9 Å². The van der Waals surface area contributed by atoms with E-state index < -0.39 is 26.8 Å². The lowest BCUT2D eigenvalue weighted by Crippen LogP contribution is -2.38. The van der Waals surface area contributed by atoms with Gasteiger partial charge < -0.3 is 10.1 Å². The van der Waals surface area contributed by atoms with Crippen molar-refractivity contribution in [2.75, 3.05) is 20.8 Å². The molecule has 0 heterocycles. The highest BCUT2D eigenvalue weighted by Crippen LogP contribution is 2.24. The summed E-state index contributed by atoms with van der Waals surface area (Å²) >= 11 is 5.88. The minimum Gasteiger partial charge on any atom is -0.383 e.